The molecule has 0 aromatic heterocycles. The first-order chi connectivity index (χ1) is 8.68. The molecule has 1 aliphatic rings. The normalized spacial score (nSPS) is 13.9. The van der Waals surface area contributed by atoms with E-state index in [4.69, 9.17) is 28.6 Å². The molecule has 0 spiro atoms. The highest BCUT2D eigenvalue weighted by molar-refractivity contribution is 6.44. The van der Waals surface area contributed by atoms with Crippen LogP contribution in [-0.2, 0) is 6.54 Å². The molecule has 18 heavy (non-hydrogen) atoms. The molecule has 0 aliphatic carbocycles. The molecule has 4 heteroatoms. The summed E-state index contributed by atoms with van der Waals surface area (Å²) in [5, 5.41) is 9.23. The average Bonchev–Trinajstić information content (AvgIpc) is 2.71. The summed E-state index contributed by atoms with van der Waals surface area (Å²) in [6.45, 7) is 0.662. The quantitative estimate of drug-likeness (QED) is 0.824. The van der Waals surface area contributed by atoms with E-state index in [2.05, 4.69) is 0 Å². The molecule has 90 valence electrons. The Labute approximate surface area is 115 Å². The second kappa shape index (κ2) is 4.30. The van der Waals surface area contributed by atoms with Crippen molar-refractivity contribution < 1.29 is 0 Å². The summed E-state index contributed by atoms with van der Waals surface area (Å²) in [4.78, 5) is 1.87. The SMILES string of the molecule is N=C1c2ccccc2CN1c1cccc(Cl)c1Cl. The molecule has 0 unspecified atom stereocenters. The fourth-order valence-corrected chi connectivity index (χ4v) is 2.59. The summed E-state index contributed by atoms with van der Waals surface area (Å²) in [6, 6.07) is 13.4. The number of hydrogen-bond acceptors (Lipinski definition) is 1. The van der Waals surface area contributed by atoms with Crippen molar-refractivity contribution in [2.45, 2.75) is 6.54 Å². The summed E-state index contributed by atoms with van der Waals surface area (Å²) in [7, 11) is 0. The molecule has 2 nitrogen and oxygen atoms in total. The van der Waals surface area contributed by atoms with Crippen molar-refractivity contribution in [3.05, 3.63) is 63.6 Å². The van der Waals surface area contributed by atoms with Crippen LogP contribution in [0.25, 0.3) is 0 Å². The fraction of sp³-hybridized carbons (Fsp3) is 0.0714. The fourth-order valence-electron chi connectivity index (χ4n) is 2.19. The highest BCUT2D eigenvalue weighted by Crippen LogP contribution is 2.36. The number of fused-ring (bicyclic) bond motifs is 1. The number of amidine groups is 1. The Balaban J connectivity index is 2.07. The van der Waals surface area contributed by atoms with Gasteiger partial charge in [0.25, 0.3) is 0 Å². The number of rotatable bonds is 1. The van der Waals surface area contributed by atoms with Gasteiger partial charge in [0.2, 0.25) is 0 Å². The molecule has 0 radical (unpaired) electrons. The Bertz CT molecular complexity index is 637. The Hall–Kier alpha value is -1.51. The number of anilines is 1. The maximum Gasteiger partial charge on any atom is 0.133 e. The van der Waals surface area contributed by atoms with Crippen LogP contribution in [-0.4, -0.2) is 5.84 Å². The third kappa shape index (κ3) is 1.69. The van der Waals surface area contributed by atoms with Crippen LogP contribution in [0, 0.1) is 5.41 Å². The topological polar surface area (TPSA) is 27.1 Å². The van der Waals surface area contributed by atoms with Crippen LogP contribution in [0.1, 0.15) is 11.1 Å². The van der Waals surface area contributed by atoms with Gasteiger partial charge in [-0.05, 0) is 17.7 Å². The molecule has 1 heterocycles. The Kier molecular flexibility index (Phi) is 2.77. The van der Waals surface area contributed by atoms with Gasteiger partial charge in [0, 0.05) is 5.56 Å². The van der Waals surface area contributed by atoms with Crippen molar-refractivity contribution in [3.63, 3.8) is 0 Å². The molecule has 0 saturated heterocycles. The van der Waals surface area contributed by atoms with Crippen LogP contribution in [0.3, 0.4) is 0 Å². The standard InChI is InChI=1S/C14H10Cl2N2/c15-11-6-3-7-12(13(11)16)18-8-9-4-1-2-5-10(9)14(18)17/h1-7,17H,8H2. The van der Waals surface area contributed by atoms with Gasteiger partial charge in [-0.25, -0.2) is 0 Å². The number of halogens is 2. The summed E-state index contributed by atoms with van der Waals surface area (Å²) in [6.07, 6.45) is 0. The summed E-state index contributed by atoms with van der Waals surface area (Å²) in [5.41, 5.74) is 2.87. The maximum atomic E-state index is 8.22. The van der Waals surface area contributed by atoms with Crippen molar-refractivity contribution in [3.8, 4) is 0 Å². The van der Waals surface area contributed by atoms with Gasteiger partial charge in [-0.15, -0.1) is 0 Å². The van der Waals surface area contributed by atoms with E-state index >= 15 is 0 Å². The van der Waals surface area contributed by atoms with Crippen LogP contribution in [0.5, 0.6) is 0 Å². The second-order valence-electron chi connectivity index (χ2n) is 4.16. The van der Waals surface area contributed by atoms with Gasteiger partial charge in [-0.3, -0.25) is 5.41 Å². The predicted molar refractivity (Wildman–Crippen MR) is 75.9 cm³/mol. The lowest BCUT2D eigenvalue weighted by atomic mass is 10.1. The monoisotopic (exact) mass is 276 g/mol. The van der Waals surface area contributed by atoms with Gasteiger partial charge in [-0.2, -0.15) is 0 Å². The van der Waals surface area contributed by atoms with Crippen molar-refractivity contribution in [2.75, 3.05) is 4.90 Å². The first kappa shape index (κ1) is 11.6. The largest absolute Gasteiger partial charge is 0.320 e. The van der Waals surface area contributed by atoms with Gasteiger partial charge in [0.1, 0.15) is 5.84 Å². The van der Waals surface area contributed by atoms with Gasteiger partial charge in [0.15, 0.2) is 0 Å². The molecule has 0 bridgehead atoms. The first-order valence-corrected chi connectivity index (χ1v) is 6.32. The van der Waals surface area contributed by atoms with Gasteiger partial charge in [0.05, 0.1) is 22.3 Å². The van der Waals surface area contributed by atoms with E-state index in [1.165, 1.54) is 0 Å². The van der Waals surface area contributed by atoms with E-state index in [1.807, 2.05) is 41.3 Å². The zero-order chi connectivity index (χ0) is 12.7. The molecule has 2 aromatic carbocycles. The molecule has 0 fully saturated rings. The molecule has 2 aromatic rings. The van der Waals surface area contributed by atoms with Crippen LogP contribution >= 0.6 is 23.2 Å². The minimum Gasteiger partial charge on any atom is -0.320 e. The predicted octanol–water partition coefficient (Wildman–Crippen LogP) is 4.34. The van der Waals surface area contributed by atoms with Gasteiger partial charge in [-0.1, -0.05) is 53.5 Å². The lowest BCUT2D eigenvalue weighted by molar-refractivity contribution is 1.05. The molecule has 3 rings (SSSR count). The van der Waals surface area contributed by atoms with Gasteiger partial charge < -0.3 is 4.90 Å². The zero-order valence-corrected chi connectivity index (χ0v) is 11.0. The molecular formula is C14H10Cl2N2. The molecular weight excluding hydrogens is 267 g/mol. The van der Waals surface area contributed by atoms with E-state index < -0.39 is 0 Å². The Morgan fingerprint density at radius 1 is 1.00 bits per heavy atom. The molecule has 0 saturated carbocycles. The molecule has 1 N–H and O–H groups in total. The van der Waals surface area contributed by atoms with Crippen LogP contribution in [0.15, 0.2) is 42.5 Å². The third-order valence-corrected chi connectivity index (χ3v) is 3.90. The number of nitrogens with one attached hydrogen (secondary N) is 1. The van der Waals surface area contributed by atoms with Crippen LogP contribution in [0.2, 0.25) is 10.0 Å². The number of hydrogen-bond donors (Lipinski definition) is 1. The second-order valence-corrected chi connectivity index (χ2v) is 4.95. The number of benzene rings is 2. The zero-order valence-electron chi connectivity index (χ0n) is 9.45. The summed E-state index contributed by atoms with van der Waals surface area (Å²) in [5.74, 6) is 0.467. The van der Waals surface area contributed by atoms with E-state index in [1.54, 1.807) is 6.07 Å². The first-order valence-electron chi connectivity index (χ1n) is 5.57. The summed E-state index contributed by atoms with van der Waals surface area (Å²) >= 11 is 12.2. The summed E-state index contributed by atoms with van der Waals surface area (Å²) < 4.78 is 0. The number of nitrogens with zero attached hydrogens (tertiary/aromatic N) is 1. The average molecular weight is 277 g/mol. The van der Waals surface area contributed by atoms with Crippen LogP contribution in [0.4, 0.5) is 5.69 Å². The van der Waals surface area contributed by atoms with Crippen molar-refractivity contribution in [1.29, 1.82) is 5.41 Å². The van der Waals surface area contributed by atoms with E-state index in [9.17, 15) is 0 Å². The lowest BCUT2D eigenvalue weighted by Crippen LogP contribution is -2.23. The van der Waals surface area contributed by atoms with E-state index in [0.29, 0.717) is 22.4 Å². The minimum atomic E-state index is 0.467. The molecule has 0 amide bonds. The van der Waals surface area contributed by atoms with E-state index in [-0.39, 0.29) is 0 Å². The smallest absolute Gasteiger partial charge is 0.133 e. The highest BCUT2D eigenvalue weighted by atomic mass is 35.5. The van der Waals surface area contributed by atoms with Crippen molar-refractivity contribution >= 4 is 34.7 Å². The highest BCUT2D eigenvalue weighted by Gasteiger charge is 2.26. The van der Waals surface area contributed by atoms with Crippen molar-refractivity contribution in [1.82, 2.24) is 0 Å². The lowest BCUT2D eigenvalue weighted by Gasteiger charge is -2.19. The van der Waals surface area contributed by atoms with Crippen LogP contribution < -0.4 is 4.90 Å². The Morgan fingerprint density at radius 2 is 1.78 bits per heavy atom. The third-order valence-electron chi connectivity index (χ3n) is 3.09. The van der Waals surface area contributed by atoms with Crippen molar-refractivity contribution in [2.24, 2.45) is 0 Å². The maximum absolute atomic E-state index is 8.22. The van der Waals surface area contributed by atoms with E-state index in [0.717, 1.165) is 16.8 Å². The molecule has 1 aliphatic heterocycles. The van der Waals surface area contributed by atoms with Gasteiger partial charge >= 0.3 is 0 Å². The minimum absolute atomic E-state index is 0.467. The Morgan fingerprint density at radius 3 is 2.56 bits per heavy atom. The molecule has 0 atom stereocenters.